The largest absolute Gasteiger partial charge is 0.663 e. The summed E-state index contributed by atoms with van der Waals surface area (Å²) in [5, 5.41) is 21.4. The Labute approximate surface area is 207 Å². The van der Waals surface area contributed by atoms with Gasteiger partial charge in [-0.1, -0.05) is 25.1 Å². The van der Waals surface area contributed by atoms with E-state index in [4.69, 9.17) is 15.4 Å². The Hall–Kier alpha value is -0.850. The first-order valence-corrected chi connectivity index (χ1v) is 15.5. The molecule has 0 bridgehead atoms. The molecule has 1 aliphatic rings. The van der Waals surface area contributed by atoms with E-state index in [2.05, 4.69) is 28.1 Å². The van der Waals surface area contributed by atoms with E-state index >= 15 is 0 Å². The number of nitrogen functional groups attached to an aromatic ring is 1. The maximum absolute atomic E-state index is 11.9. The van der Waals surface area contributed by atoms with Crippen molar-refractivity contribution in [2.24, 2.45) is 0 Å². The lowest BCUT2D eigenvalue weighted by molar-refractivity contribution is -0.450. The van der Waals surface area contributed by atoms with Gasteiger partial charge >= 0.3 is 15.6 Å². The highest BCUT2D eigenvalue weighted by atomic mass is 32.2. The number of unbranched alkanes of at least 4 members (excludes halogenated alkanes) is 1. The minimum Gasteiger partial charge on any atom is -0.663 e. The standard InChI is InChI=1S/C14H24N5O13P3S/c1-2-3-4-36-14-18-8-11(15)16-6-17-12(8)19(14)13-10(21)9(20)7(30-13)5-29-34(25,26)32-35(27,28)31-33(22,23)24/h6-7,9-10,13,20-21H,2-5H2,1H3,(H,25,26)(H,27,28)(H2,15,16,17)(H2,22,23,24)/p-2. The number of anilines is 1. The van der Waals surface area contributed by atoms with Gasteiger partial charge < -0.3 is 45.2 Å². The highest BCUT2D eigenvalue weighted by Crippen LogP contribution is 2.65. The fourth-order valence-electron chi connectivity index (χ4n) is 3.09. The van der Waals surface area contributed by atoms with E-state index in [9.17, 15) is 38.9 Å². The molecule has 1 saturated heterocycles. The van der Waals surface area contributed by atoms with E-state index in [0.717, 1.165) is 19.2 Å². The van der Waals surface area contributed by atoms with Crippen LogP contribution >= 0.6 is 35.6 Å². The van der Waals surface area contributed by atoms with E-state index in [1.54, 1.807) is 0 Å². The minimum atomic E-state index is -6.06. The van der Waals surface area contributed by atoms with E-state index in [1.807, 2.05) is 6.92 Å². The molecule has 18 nitrogen and oxygen atoms in total. The molecule has 6 unspecified atom stereocenters. The van der Waals surface area contributed by atoms with Gasteiger partial charge in [-0.25, -0.2) is 24.1 Å². The molecule has 0 spiro atoms. The molecule has 204 valence electrons. The van der Waals surface area contributed by atoms with Crippen molar-refractivity contribution in [2.45, 2.75) is 49.5 Å². The number of aliphatic hydroxyl groups is 2. The predicted octanol–water partition coefficient (Wildman–Crippen LogP) is -2.07. The zero-order chi connectivity index (χ0) is 26.9. The van der Waals surface area contributed by atoms with Gasteiger partial charge in [-0.3, -0.25) is 9.09 Å². The van der Waals surface area contributed by atoms with Gasteiger partial charge in [0, 0.05) is 13.9 Å². The molecule has 2 aromatic heterocycles. The van der Waals surface area contributed by atoms with E-state index < -0.39 is 55.0 Å². The number of aliphatic hydroxyl groups excluding tert-OH is 2. The van der Waals surface area contributed by atoms with Crippen LogP contribution in [0.5, 0.6) is 0 Å². The van der Waals surface area contributed by atoms with Crippen LogP contribution in [0.2, 0.25) is 0 Å². The third-order valence-electron chi connectivity index (χ3n) is 4.61. The molecule has 1 fully saturated rings. The van der Waals surface area contributed by atoms with Crippen molar-refractivity contribution in [3.8, 4) is 0 Å². The van der Waals surface area contributed by atoms with Crippen LogP contribution in [0.25, 0.3) is 11.2 Å². The lowest BCUT2D eigenvalue weighted by atomic mass is 10.1. The van der Waals surface area contributed by atoms with Crippen molar-refractivity contribution in [1.29, 1.82) is 0 Å². The van der Waals surface area contributed by atoms with Crippen LogP contribution in [0, 0.1) is 0 Å². The molecule has 3 rings (SSSR count). The van der Waals surface area contributed by atoms with Crippen LogP contribution in [-0.2, 0) is 27.0 Å². The summed E-state index contributed by atoms with van der Waals surface area (Å²) in [6.45, 7) is 1.00. The summed E-state index contributed by atoms with van der Waals surface area (Å²) in [5.74, 6) is 0.692. The molecular weight excluding hydrogens is 571 g/mol. The summed E-state index contributed by atoms with van der Waals surface area (Å²) in [4.78, 5) is 62.5. The van der Waals surface area contributed by atoms with Gasteiger partial charge in [-0.2, -0.15) is 4.31 Å². The number of hydrogen-bond acceptors (Lipinski definition) is 16. The molecule has 0 saturated carbocycles. The predicted molar refractivity (Wildman–Crippen MR) is 116 cm³/mol. The fourth-order valence-corrected chi connectivity index (χ4v) is 7.15. The van der Waals surface area contributed by atoms with Crippen molar-refractivity contribution in [3.63, 3.8) is 0 Å². The van der Waals surface area contributed by atoms with Gasteiger partial charge in [0.2, 0.25) is 0 Å². The SMILES string of the molecule is CCCCSc1nc2c(N)ncnc2n1C1OC(COP(=O)(O)OP(=O)(O)O[P+]([O-])([O-])[O-])C(O)C1O. The molecule has 2 aromatic rings. The number of imidazole rings is 1. The third kappa shape index (κ3) is 7.38. The third-order valence-corrected chi connectivity index (χ3v) is 9.40. The first-order valence-electron chi connectivity index (χ1n) is 10.0. The molecule has 6 N–H and O–H groups in total. The average molecular weight is 593 g/mol. The summed E-state index contributed by atoms with van der Waals surface area (Å²) in [6.07, 6.45) is -3.27. The van der Waals surface area contributed by atoms with Crippen molar-refractivity contribution < 1.29 is 61.7 Å². The lowest BCUT2D eigenvalue weighted by Crippen LogP contribution is -2.34. The van der Waals surface area contributed by atoms with Crippen LogP contribution in [0.4, 0.5) is 5.82 Å². The van der Waals surface area contributed by atoms with Gasteiger partial charge in [-0.15, -0.1) is 4.31 Å². The summed E-state index contributed by atoms with van der Waals surface area (Å²) in [6, 6.07) is 0. The Morgan fingerprint density at radius 1 is 1.22 bits per heavy atom. The van der Waals surface area contributed by atoms with Crippen LogP contribution < -0.4 is 20.4 Å². The first kappa shape index (κ1) is 29.7. The number of nitrogens with two attached hydrogens (primary N) is 1. The fraction of sp³-hybridized carbons (Fsp3) is 0.643. The Morgan fingerprint density at radius 3 is 2.56 bits per heavy atom. The Morgan fingerprint density at radius 2 is 1.92 bits per heavy atom. The Balaban J connectivity index is 1.78. The molecule has 36 heavy (non-hydrogen) atoms. The topological polar surface area (TPSA) is 291 Å². The number of fused-ring (bicyclic) bond motifs is 1. The Bertz CT molecular complexity index is 1170. The second kappa shape index (κ2) is 11.5. The smallest absolute Gasteiger partial charge is 0.513 e. The molecule has 0 aliphatic carbocycles. The molecule has 0 aromatic carbocycles. The monoisotopic (exact) mass is 593 g/mol. The van der Waals surface area contributed by atoms with Gasteiger partial charge in [0.05, 0.1) is 6.61 Å². The zero-order valence-electron chi connectivity index (χ0n) is 18.3. The summed E-state index contributed by atoms with van der Waals surface area (Å²) in [5.41, 5.74) is 6.26. The molecule has 22 heteroatoms. The number of hydrogen-bond donors (Lipinski definition) is 5. The molecule has 6 atom stereocenters. The van der Waals surface area contributed by atoms with Crippen LogP contribution in [0.15, 0.2) is 11.5 Å². The van der Waals surface area contributed by atoms with Crippen molar-refractivity contribution in [2.75, 3.05) is 18.1 Å². The molecule has 3 heterocycles. The van der Waals surface area contributed by atoms with E-state index in [0.29, 0.717) is 10.9 Å². The molecule has 1 aliphatic heterocycles. The number of phosphoric acid groups is 3. The highest BCUT2D eigenvalue weighted by molar-refractivity contribution is 7.99. The first-order chi connectivity index (χ1) is 16.6. The number of rotatable bonds is 12. The van der Waals surface area contributed by atoms with Crippen molar-refractivity contribution in [3.05, 3.63) is 6.33 Å². The normalized spacial score (nSPS) is 26.2. The summed E-state index contributed by atoms with van der Waals surface area (Å²) >= 11 is 1.30. The lowest BCUT2D eigenvalue weighted by Gasteiger charge is -2.37. The molecular formula is C14H22N5O13P3S-2. The zero-order valence-corrected chi connectivity index (χ0v) is 21.8. The second-order valence-electron chi connectivity index (χ2n) is 7.29. The number of aromatic nitrogens is 4. The Kier molecular flexibility index (Phi) is 9.48. The quantitative estimate of drug-likeness (QED) is 0.100. The van der Waals surface area contributed by atoms with Crippen molar-refractivity contribution in [1.82, 2.24) is 19.5 Å². The van der Waals surface area contributed by atoms with Crippen LogP contribution in [0.3, 0.4) is 0 Å². The van der Waals surface area contributed by atoms with Gasteiger partial charge in [0.25, 0.3) is 0 Å². The maximum Gasteiger partial charge on any atom is 0.513 e. The van der Waals surface area contributed by atoms with Crippen molar-refractivity contribution >= 4 is 52.6 Å². The summed E-state index contributed by atoms with van der Waals surface area (Å²) in [7, 11) is -17.4. The second-order valence-corrected chi connectivity index (χ2v) is 12.7. The number of ether oxygens (including phenoxy) is 1. The van der Waals surface area contributed by atoms with E-state index in [1.165, 1.54) is 16.3 Å². The minimum absolute atomic E-state index is 0.0544. The van der Waals surface area contributed by atoms with Crippen LogP contribution in [0.1, 0.15) is 26.0 Å². The summed E-state index contributed by atoms with van der Waals surface area (Å²) < 4.78 is 41.8. The average Bonchev–Trinajstić information content (AvgIpc) is 3.22. The van der Waals surface area contributed by atoms with E-state index in [-0.39, 0.29) is 17.0 Å². The molecule has 0 radical (unpaired) electrons. The maximum atomic E-state index is 11.9. The number of nitrogens with zero attached hydrogens (tertiary/aromatic N) is 4. The van der Waals surface area contributed by atoms with Crippen LogP contribution in [-0.4, -0.2) is 70.2 Å². The molecule has 0 amide bonds. The number of thioether (sulfide) groups is 1. The van der Waals surface area contributed by atoms with Gasteiger partial charge in [-0.05, 0) is 6.42 Å². The highest BCUT2D eigenvalue weighted by Gasteiger charge is 2.47. The van der Waals surface area contributed by atoms with Gasteiger partial charge in [0.15, 0.2) is 28.4 Å². The number of phosphoric ester groups is 1. The van der Waals surface area contributed by atoms with Gasteiger partial charge in [0.1, 0.15) is 24.6 Å².